The zero-order valence-electron chi connectivity index (χ0n) is 20.7. The van der Waals surface area contributed by atoms with Crippen molar-refractivity contribution in [3.8, 4) is 6.07 Å². The van der Waals surface area contributed by atoms with Gasteiger partial charge < -0.3 is 14.7 Å². The van der Waals surface area contributed by atoms with Crippen LogP contribution in [0, 0.1) is 11.3 Å². The molecule has 38 heavy (non-hydrogen) atoms. The van der Waals surface area contributed by atoms with Gasteiger partial charge in [0.05, 0.1) is 6.61 Å². The number of nitrogens with one attached hydrogen (secondary N) is 1. The molecule has 0 saturated carbocycles. The Morgan fingerprint density at radius 2 is 1.74 bits per heavy atom. The van der Waals surface area contributed by atoms with Crippen LogP contribution in [0.25, 0.3) is 18.2 Å². The number of carboxylic acid groups (broad SMARTS) is 1. The minimum atomic E-state index is -1.21. The lowest BCUT2D eigenvalue weighted by Gasteiger charge is -2.27. The van der Waals surface area contributed by atoms with Gasteiger partial charge in [-0.1, -0.05) is 66.8 Å². The van der Waals surface area contributed by atoms with Crippen molar-refractivity contribution in [2.45, 2.75) is 24.6 Å². The Morgan fingerprint density at radius 1 is 1.03 bits per heavy atom. The van der Waals surface area contributed by atoms with Gasteiger partial charge >= 0.3 is 5.97 Å². The summed E-state index contributed by atoms with van der Waals surface area (Å²) in [5.41, 5.74) is 7.27. The number of benzene rings is 3. The Hall–Kier alpha value is -4.44. The monoisotopic (exact) mass is 501 g/mol. The Labute approximate surface area is 221 Å². The number of ether oxygens (including phenoxy) is 1. The van der Waals surface area contributed by atoms with Gasteiger partial charge in [-0.05, 0) is 64.6 Å². The predicted octanol–water partition coefficient (Wildman–Crippen LogP) is 6.03. The van der Waals surface area contributed by atoms with Crippen molar-refractivity contribution in [3.63, 3.8) is 0 Å². The number of hydrogen-bond donors (Lipinski definition) is 2. The van der Waals surface area contributed by atoms with E-state index in [1.165, 1.54) is 6.08 Å². The fraction of sp³-hybridized carbons (Fsp3) is 0.188. The van der Waals surface area contributed by atoms with Crippen LogP contribution >= 0.6 is 0 Å². The molecule has 6 heteroatoms. The second-order valence-electron chi connectivity index (χ2n) is 9.72. The molecule has 188 valence electrons. The number of rotatable bonds is 6. The highest BCUT2D eigenvalue weighted by molar-refractivity contribution is 5.96. The number of nitrogens with zero attached hydrogens (tertiary/aromatic N) is 2. The minimum absolute atomic E-state index is 0.00577. The fourth-order valence-electron chi connectivity index (χ4n) is 5.54. The SMILES string of the molecule is N#C/C(=C/c1ccc2c(c1)C1C=CCC1N2c1ccc(/C=C/c2ccc(C3NCCO3)cc2)cc1)C(=O)O. The molecule has 2 aliphatic heterocycles. The third kappa shape index (κ3) is 4.54. The summed E-state index contributed by atoms with van der Waals surface area (Å²) in [6, 6.07) is 25.0. The number of carbonyl (C=O) groups is 1. The van der Waals surface area contributed by atoms with E-state index in [0.717, 1.165) is 58.8 Å². The summed E-state index contributed by atoms with van der Waals surface area (Å²) in [6.45, 7) is 1.63. The first-order valence-electron chi connectivity index (χ1n) is 12.8. The number of nitriles is 1. The smallest absolute Gasteiger partial charge is 0.346 e. The van der Waals surface area contributed by atoms with Crippen LogP contribution in [0.4, 0.5) is 11.4 Å². The van der Waals surface area contributed by atoms with Gasteiger partial charge in [-0.2, -0.15) is 5.26 Å². The summed E-state index contributed by atoms with van der Waals surface area (Å²) in [4.78, 5) is 13.7. The molecule has 3 aliphatic rings. The van der Waals surface area contributed by atoms with Crippen LogP contribution in [0.2, 0.25) is 0 Å². The molecule has 0 amide bonds. The summed E-state index contributed by atoms with van der Waals surface area (Å²) in [5, 5.41) is 21.7. The topological polar surface area (TPSA) is 85.6 Å². The van der Waals surface area contributed by atoms with Crippen LogP contribution in [0.1, 0.15) is 46.4 Å². The molecule has 3 aromatic rings. The van der Waals surface area contributed by atoms with Gasteiger partial charge in [0, 0.05) is 29.9 Å². The molecule has 1 saturated heterocycles. The minimum Gasteiger partial charge on any atom is -0.477 e. The molecule has 0 bridgehead atoms. The number of anilines is 2. The van der Waals surface area contributed by atoms with E-state index in [4.69, 9.17) is 10.00 Å². The summed E-state index contributed by atoms with van der Waals surface area (Å²) >= 11 is 0. The van der Waals surface area contributed by atoms with Gasteiger partial charge in [-0.15, -0.1) is 0 Å². The summed E-state index contributed by atoms with van der Waals surface area (Å²) in [7, 11) is 0. The van der Waals surface area contributed by atoms with Gasteiger partial charge in [0.1, 0.15) is 17.9 Å². The van der Waals surface area contributed by atoms with Crippen molar-refractivity contribution in [3.05, 3.63) is 112 Å². The van der Waals surface area contributed by atoms with Gasteiger partial charge in [0.2, 0.25) is 0 Å². The highest BCUT2D eigenvalue weighted by Crippen LogP contribution is 2.50. The van der Waals surface area contributed by atoms with Crippen LogP contribution in [-0.2, 0) is 9.53 Å². The maximum absolute atomic E-state index is 11.3. The average molecular weight is 502 g/mol. The average Bonchev–Trinajstić information content (AvgIpc) is 3.70. The van der Waals surface area contributed by atoms with E-state index in [9.17, 15) is 9.90 Å². The Kier molecular flexibility index (Phi) is 6.38. The number of fused-ring (bicyclic) bond motifs is 3. The lowest BCUT2D eigenvalue weighted by Crippen LogP contribution is -2.26. The number of hydrogen-bond acceptors (Lipinski definition) is 5. The van der Waals surface area contributed by atoms with E-state index in [0.29, 0.717) is 0 Å². The standard InChI is InChI=1S/C32H27N3O3/c33-20-25(32(36)37)18-23-10-15-30-28(19-23)27-2-1-3-29(27)35(30)26-13-8-22(9-14-26)5-4-21-6-11-24(12-7-21)31-34-16-17-38-31/h1-2,4-15,18-19,27,29,31,34H,3,16-17H2,(H,36,37)/b5-4+,25-18-. The summed E-state index contributed by atoms with van der Waals surface area (Å²) < 4.78 is 5.67. The first-order valence-corrected chi connectivity index (χ1v) is 12.8. The van der Waals surface area contributed by atoms with Crippen molar-refractivity contribution in [1.82, 2.24) is 5.32 Å². The van der Waals surface area contributed by atoms with Crippen molar-refractivity contribution in [2.24, 2.45) is 0 Å². The second kappa shape index (κ2) is 10.1. The van der Waals surface area contributed by atoms with E-state index in [2.05, 4.69) is 83.1 Å². The highest BCUT2D eigenvalue weighted by Gasteiger charge is 2.39. The summed E-state index contributed by atoms with van der Waals surface area (Å²) in [6.07, 6.45) is 11.1. The lowest BCUT2D eigenvalue weighted by atomic mass is 9.96. The van der Waals surface area contributed by atoms with Crippen molar-refractivity contribution in [2.75, 3.05) is 18.1 Å². The van der Waals surface area contributed by atoms with Crippen molar-refractivity contribution >= 4 is 35.6 Å². The predicted molar refractivity (Wildman–Crippen MR) is 149 cm³/mol. The lowest BCUT2D eigenvalue weighted by molar-refractivity contribution is -0.132. The molecule has 2 N–H and O–H groups in total. The molecule has 1 fully saturated rings. The van der Waals surface area contributed by atoms with E-state index >= 15 is 0 Å². The Morgan fingerprint density at radius 3 is 2.39 bits per heavy atom. The van der Waals surface area contributed by atoms with Gasteiger partial charge in [0.15, 0.2) is 0 Å². The van der Waals surface area contributed by atoms with Crippen molar-refractivity contribution < 1.29 is 14.6 Å². The zero-order chi connectivity index (χ0) is 26.1. The third-order valence-electron chi connectivity index (χ3n) is 7.39. The molecule has 0 spiro atoms. The molecular formula is C32H27N3O3. The maximum Gasteiger partial charge on any atom is 0.346 e. The quantitative estimate of drug-likeness (QED) is 0.186. The Bertz CT molecular complexity index is 1490. The van der Waals surface area contributed by atoms with Crippen LogP contribution in [0.15, 0.2) is 84.5 Å². The highest BCUT2D eigenvalue weighted by atomic mass is 16.5. The molecule has 6 nitrogen and oxygen atoms in total. The molecule has 2 heterocycles. The van der Waals surface area contributed by atoms with Crippen molar-refractivity contribution in [1.29, 1.82) is 5.26 Å². The molecule has 0 radical (unpaired) electrons. The van der Waals surface area contributed by atoms with Crippen LogP contribution < -0.4 is 10.2 Å². The number of aliphatic carboxylic acids is 1. The van der Waals surface area contributed by atoms with Gasteiger partial charge in [0.25, 0.3) is 0 Å². The Balaban J connectivity index is 1.21. The van der Waals surface area contributed by atoms with E-state index in [1.807, 2.05) is 18.2 Å². The van der Waals surface area contributed by atoms with E-state index < -0.39 is 5.97 Å². The maximum atomic E-state index is 11.3. The zero-order valence-corrected chi connectivity index (χ0v) is 20.7. The molecule has 6 rings (SSSR count). The van der Waals surface area contributed by atoms with Crippen LogP contribution in [0.5, 0.6) is 0 Å². The molecular weight excluding hydrogens is 474 g/mol. The summed E-state index contributed by atoms with van der Waals surface area (Å²) in [5.74, 6) is -0.975. The first-order chi connectivity index (χ1) is 18.6. The normalized spacial score (nSPS) is 22.0. The molecule has 1 aliphatic carbocycles. The third-order valence-corrected chi connectivity index (χ3v) is 7.39. The molecule has 3 atom stereocenters. The molecule has 0 aromatic heterocycles. The molecule has 3 aromatic carbocycles. The van der Waals surface area contributed by atoms with Gasteiger partial charge in [-0.3, -0.25) is 5.32 Å². The van der Waals surface area contributed by atoms with Crippen LogP contribution in [-0.4, -0.2) is 30.3 Å². The first kappa shape index (κ1) is 23.9. The largest absolute Gasteiger partial charge is 0.477 e. The van der Waals surface area contributed by atoms with E-state index in [-0.39, 0.29) is 23.8 Å². The van der Waals surface area contributed by atoms with Crippen LogP contribution in [0.3, 0.4) is 0 Å². The second-order valence-corrected chi connectivity index (χ2v) is 9.72. The molecule has 3 unspecified atom stereocenters. The number of carboxylic acids is 1. The van der Waals surface area contributed by atoms with E-state index in [1.54, 1.807) is 6.07 Å². The fourth-order valence-corrected chi connectivity index (χ4v) is 5.54. The van der Waals surface area contributed by atoms with Gasteiger partial charge in [-0.25, -0.2) is 4.79 Å².